The highest BCUT2D eigenvalue weighted by Crippen LogP contribution is 2.35. The van der Waals surface area contributed by atoms with Crippen LogP contribution < -0.4 is 14.8 Å². The van der Waals surface area contributed by atoms with E-state index in [4.69, 9.17) is 18.6 Å². The lowest BCUT2D eigenvalue weighted by molar-refractivity contribution is 0.0484. The summed E-state index contributed by atoms with van der Waals surface area (Å²) in [6.45, 7) is 4.49. The van der Waals surface area contributed by atoms with E-state index in [1.807, 2.05) is 19.1 Å². The van der Waals surface area contributed by atoms with E-state index in [0.717, 1.165) is 24.2 Å². The summed E-state index contributed by atoms with van der Waals surface area (Å²) in [4.78, 5) is 12.8. The van der Waals surface area contributed by atoms with Crippen LogP contribution in [0.2, 0.25) is 0 Å². The Kier molecular flexibility index (Phi) is 7.29. The van der Waals surface area contributed by atoms with Gasteiger partial charge in [-0.15, -0.1) is 0 Å². The Labute approximate surface area is 192 Å². The molecule has 0 spiro atoms. The summed E-state index contributed by atoms with van der Waals surface area (Å²) in [5, 5.41) is 3.04. The van der Waals surface area contributed by atoms with Gasteiger partial charge in [-0.2, -0.15) is 0 Å². The van der Waals surface area contributed by atoms with Gasteiger partial charge in [0.25, 0.3) is 5.91 Å². The summed E-state index contributed by atoms with van der Waals surface area (Å²) in [6.07, 6.45) is 1.63. The predicted molar refractivity (Wildman–Crippen MR) is 121 cm³/mol. The fourth-order valence-electron chi connectivity index (χ4n) is 4.00. The lowest BCUT2D eigenvalue weighted by Gasteiger charge is -2.38. The zero-order chi connectivity index (χ0) is 23.1. The fourth-order valence-corrected chi connectivity index (χ4v) is 4.00. The Balaban J connectivity index is 1.38. The summed E-state index contributed by atoms with van der Waals surface area (Å²) >= 11 is 0. The van der Waals surface area contributed by atoms with Crippen LogP contribution in [0.3, 0.4) is 0 Å². The molecule has 4 rings (SSSR count). The first kappa shape index (κ1) is 22.9. The van der Waals surface area contributed by atoms with Gasteiger partial charge in [0.05, 0.1) is 6.61 Å². The van der Waals surface area contributed by atoms with E-state index in [1.165, 1.54) is 12.1 Å². The minimum Gasteiger partial charge on any atom is -0.494 e. The van der Waals surface area contributed by atoms with Crippen molar-refractivity contribution in [1.82, 2.24) is 5.32 Å². The summed E-state index contributed by atoms with van der Waals surface area (Å²) in [5.74, 6) is 1.49. The smallest absolute Gasteiger partial charge is 0.287 e. The van der Waals surface area contributed by atoms with Crippen molar-refractivity contribution < 1.29 is 27.8 Å². The third-order valence-corrected chi connectivity index (χ3v) is 5.90. The lowest BCUT2D eigenvalue weighted by atomic mass is 9.74. The molecule has 1 aliphatic heterocycles. The molecule has 1 aliphatic rings. The molecule has 2 aromatic carbocycles. The van der Waals surface area contributed by atoms with E-state index >= 15 is 0 Å². The molecular formula is C26H28FNO5. The molecule has 0 saturated carbocycles. The topological polar surface area (TPSA) is 69.9 Å². The number of carbonyl (C=O) groups is 1. The Morgan fingerprint density at radius 3 is 2.33 bits per heavy atom. The number of furan rings is 1. The van der Waals surface area contributed by atoms with Crippen molar-refractivity contribution in [1.29, 1.82) is 0 Å². The molecule has 1 amide bonds. The molecule has 33 heavy (non-hydrogen) atoms. The van der Waals surface area contributed by atoms with E-state index in [1.54, 1.807) is 24.3 Å². The van der Waals surface area contributed by atoms with Crippen LogP contribution in [0.25, 0.3) is 0 Å². The van der Waals surface area contributed by atoms with Gasteiger partial charge in [-0.25, -0.2) is 4.39 Å². The Morgan fingerprint density at radius 2 is 1.64 bits per heavy atom. The molecule has 174 valence electrons. The number of nitrogens with one attached hydrogen (secondary N) is 1. The van der Waals surface area contributed by atoms with Crippen LogP contribution in [0.5, 0.6) is 11.5 Å². The monoisotopic (exact) mass is 453 g/mol. The fraction of sp³-hybridized carbons (Fsp3) is 0.346. The lowest BCUT2D eigenvalue weighted by Crippen LogP contribution is -2.44. The minimum absolute atomic E-state index is 0.145. The maximum absolute atomic E-state index is 13.0. The Bertz CT molecular complexity index is 1040. The van der Waals surface area contributed by atoms with E-state index in [9.17, 15) is 9.18 Å². The summed E-state index contributed by atoms with van der Waals surface area (Å²) in [7, 11) is 0. The van der Waals surface area contributed by atoms with Gasteiger partial charge >= 0.3 is 0 Å². The van der Waals surface area contributed by atoms with Gasteiger partial charge in [-0.3, -0.25) is 4.79 Å². The van der Waals surface area contributed by atoms with Crippen molar-refractivity contribution in [3.05, 3.63) is 83.6 Å². The maximum Gasteiger partial charge on any atom is 0.287 e. The highest BCUT2D eigenvalue weighted by atomic mass is 19.1. The molecule has 0 unspecified atom stereocenters. The predicted octanol–water partition coefficient (Wildman–Crippen LogP) is 4.87. The second-order valence-corrected chi connectivity index (χ2v) is 8.04. The first-order chi connectivity index (χ1) is 16.1. The molecular weight excluding hydrogens is 425 g/mol. The van der Waals surface area contributed by atoms with Gasteiger partial charge in [0.1, 0.15) is 29.7 Å². The van der Waals surface area contributed by atoms with E-state index in [-0.39, 0.29) is 29.5 Å². The third-order valence-electron chi connectivity index (χ3n) is 5.90. The number of hydrogen-bond donors (Lipinski definition) is 1. The van der Waals surface area contributed by atoms with Crippen LogP contribution >= 0.6 is 0 Å². The second kappa shape index (κ2) is 10.5. The zero-order valence-electron chi connectivity index (χ0n) is 18.6. The molecule has 7 heteroatoms. The van der Waals surface area contributed by atoms with Crippen LogP contribution in [0.4, 0.5) is 4.39 Å². The molecule has 1 fully saturated rings. The average molecular weight is 454 g/mol. The van der Waals surface area contributed by atoms with Gasteiger partial charge in [-0.1, -0.05) is 12.1 Å². The van der Waals surface area contributed by atoms with Crippen molar-refractivity contribution >= 4 is 5.91 Å². The first-order valence-electron chi connectivity index (χ1n) is 11.1. The molecule has 2 heterocycles. The van der Waals surface area contributed by atoms with Gasteiger partial charge in [0, 0.05) is 25.2 Å². The molecule has 0 atom stereocenters. The molecule has 1 aromatic heterocycles. The quantitative estimate of drug-likeness (QED) is 0.500. The summed E-state index contributed by atoms with van der Waals surface area (Å²) < 4.78 is 35.4. The number of amides is 1. The maximum atomic E-state index is 13.0. The van der Waals surface area contributed by atoms with E-state index in [2.05, 4.69) is 17.4 Å². The number of hydrogen-bond acceptors (Lipinski definition) is 5. The number of benzene rings is 2. The van der Waals surface area contributed by atoms with E-state index in [0.29, 0.717) is 37.9 Å². The van der Waals surface area contributed by atoms with Crippen LogP contribution in [0.1, 0.15) is 41.6 Å². The van der Waals surface area contributed by atoms with Gasteiger partial charge in [-0.05, 0) is 73.9 Å². The van der Waals surface area contributed by atoms with Gasteiger partial charge in [0.15, 0.2) is 5.76 Å². The number of halogens is 1. The normalized spacial score (nSPS) is 15.1. The Morgan fingerprint density at radius 1 is 0.970 bits per heavy atom. The van der Waals surface area contributed by atoms with E-state index < -0.39 is 0 Å². The first-order valence-corrected chi connectivity index (χ1v) is 11.1. The summed E-state index contributed by atoms with van der Waals surface area (Å²) in [5.41, 5.74) is 0.946. The largest absolute Gasteiger partial charge is 0.494 e. The summed E-state index contributed by atoms with van der Waals surface area (Å²) in [6, 6.07) is 17.2. The minimum atomic E-state index is -0.327. The average Bonchev–Trinajstić information content (AvgIpc) is 3.33. The molecule has 6 nitrogen and oxygen atoms in total. The van der Waals surface area contributed by atoms with Crippen LogP contribution in [-0.2, 0) is 16.8 Å². The SMILES string of the molecule is CCOc1ccc(C2(CNC(=O)c3ccc(COc4ccc(F)cc4)o3)CCOCC2)cc1. The molecule has 0 bridgehead atoms. The third kappa shape index (κ3) is 5.73. The number of carbonyl (C=O) groups excluding carboxylic acids is 1. The van der Waals surface area contributed by atoms with Crippen LogP contribution in [0, 0.1) is 5.82 Å². The molecule has 0 radical (unpaired) electrons. The Hall–Kier alpha value is -3.32. The molecule has 1 N–H and O–H groups in total. The molecule has 0 aliphatic carbocycles. The highest BCUT2D eigenvalue weighted by molar-refractivity contribution is 5.91. The highest BCUT2D eigenvalue weighted by Gasteiger charge is 2.35. The van der Waals surface area contributed by atoms with Crippen LogP contribution in [-0.4, -0.2) is 32.3 Å². The standard InChI is InChI=1S/C26H28FNO5/c1-2-31-21-7-3-19(4-8-21)26(13-15-30-16-14-26)18-28-25(29)24-12-11-23(33-24)17-32-22-9-5-20(27)6-10-22/h3-12H,2,13-18H2,1H3,(H,28,29). The van der Waals surface area contributed by atoms with Gasteiger partial charge < -0.3 is 23.9 Å². The zero-order valence-corrected chi connectivity index (χ0v) is 18.6. The number of ether oxygens (including phenoxy) is 3. The van der Waals surface area contributed by atoms with Crippen LogP contribution in [0.15, 0.2) is 65.1 Å². The van der Waals surface area contributed by atoms with Gasteiger partial charge in [0.2, 0.25) is 0 Å². The van der Waals surface area contributed by atoms with Crippen molar-refractivity contribution in [3.8, 4) is 11.5 Å². The number of rotatable bonds is 9. The van der Waals surface area contributed by atoms with Crippen molar-refractivity contribution in [3.63, 3.8) is 0 Å². The molecule has 3 aromatic rings. The second-order valence-electron chi connectivity index (χ2n) is 8.04. The van der Waals surface area contributed by atoms with Crippen molar-refractivity contribution in [2.45, 2.75) is 31.8 Å². The van der Waals surface area contributed by atoms with Crippen molar-refractivity contribution in [2.24, 2.45) is 0 Å². The molecule has 1 saturated heterocycles. The van der Waals surface area contributed by atoms with Crippen molar-refractivity contribution in [2.75, 3.05) is 26.4 Å².